The van der Waals surface area contributed by atoms with Crippen LogP contribution in [0.25, 0.3) is 0 Å². The maximum atomic E-state index is 13.1. The van der Waals surface area contributed by atoms with Gasteiger partial charge < -0.3 is 10.6 Å². The quantitative estimate of drug-likeness (QED) is 0.488. The molecule has 0 spiro atoms. The van der Waals surface area contributed by atoms with Crippen molar-refractivity contribution >= 4 is 40.7 Å². The second-order valence-corrected chi connectivity index (χ2v) is 9.30. The molecule has 1 fully saturated rings. The van der Waals surface area contributed by atoms with Gasteiger partial charge in [0.05, 0.1) is 5.69 Å². The van der Waals surface area contributed by atoms with Crippen LogP contribution in [0.3, 0.4) is 0 Å². The fourth-order valence-electron chi connectivity index (χ4n) is 4.44. The number of carbonyl (C=O) groups excluding carboxylic acids is 3. The Morgan fingerprint density at radius 1 is 1.03 bits per heavy atom. The number of aryl methyl sites for hydroxylation is 1. The third kappa shape index (κ3) is 5.33. The molecule has 2 aliphatic rings. The van der Waals surface area contributed by atoms with Gasteiger partial charge in [0.25, 0.3) is 17.7 Å². The number of benzene rings is 2. The Hall–Kier alpha value is -3.12. The average Bonchev–Trinajstić information content (AvgIpc) is 3.07. The summed E-state index contributed by atoms with van der Waals surface area (Å²) >= 11 is 6.27. The maximum Gasteiger partial charge on any atom is 0.283 e. The van der Waals surface area contributed by atoms with Gasteiger partial charge >= 0.3 is 0 Å². The fourth-order valence-corrected chi connectivity index (χ4v) is 4.65. The second kappa shape index (κ2) is 10.9. The molecule has 0 aromatic heterocycles. The molecule has 0 atom stereocenters. The van der Waals surface area contributed by atoms with Crippen molar-refractivity contribution in [2.75, 3.05) is 10.2 Å². The minimum absolute atomic E-state index is 0.00608. The molecule has 2 N–H and O–H groups in total. The van der Waals surface area contributed by atoms with Crippen LogP contribution in [0.15, 0.2) is 59.3 Å². The van der Waals surface area contributed by atoms with Gasteiger partial charge in [0.1, 0.15) is 10.7 Å². The summed E-state index contributed by atoms with van der Waals surface area (Å²) in [5.74, 6) is -1.23. The SMILES string of the molecule is CCCCc1ccc(N2C(=O)C(Cl)=C(Nc3cccc(C(=O)NC4CCCCC4)c3)C2=O)cc1. The molecule has 1 heterocycles. The second-order valence-electron chi connectivity index (χ2n) is 8.92. The molecule has 2 aromatic carbocycles. The van der Waals surface area contributed by atoms with E-state index in [2.05, 4.69) is 17.6 Å². The standard InChI is InChI=1S/C27H30ClN3O3/c1-2-3-8-18-13-15-22(16-14-18)31-26(33)23(28)24(27(31)34)29-21-12-7-9-19(17-21)25(32)30-20-10-5-4-6-11-20/h7,9,12-17,20,29H,2-6,8,10-11H2,1H3,(H,30,32). The van der Waals surface area contributed by atoms with Gasteiger partial charge in [0.15, 0.2) is 0 Å². The molecule has 1 saturated carbocycles. The van der Waals surface area contributed by atoms with Crippen molar-refractivity contribution in [3.8, 4) is 0 Å². The number of amides is 3. The number of nitrogens with zero attached hydrogens (tertiary/aromatic N) is 1. The van der Waals surface area contributed by atoms with Crippen molar-refractivity contribution in [1.82, 2.24) is 5.32 Å². The smallest absolute Gasteiger partial charge is 0.283 e. The van der Waals surface area contributed by atoms with Crippen molar-refractivity contribution in [1.29, 1.82) is 0 Å². The van der Waals surface area contributed by atoms with Gasteiger partial charge in [-0.05, 0) is 61.6 Å². The number of hydrogen-bond donors (Lipinski definition) is 2. The van der Waals surface area contributed by atoms with Crippen LogP contribution in [-0.4, -0.2) is 23.8 Å². The van der Waals surface area contributed by atoms with Gasteiger partial charge in [-0.1, -0.05) is 62.4 Å². The predicted octanol–water partition coefficient (Wildman–Crippen LogP) is 5.53. The first-order chi connectivity index (χ1) is 16.5. The van der Waals surface area contributed by atoms with Gasteiger partial charge in [-0.15, -0.1) is 0 Å². The molecule has 3 amide bonds. The molecule has 0 radical (unpaired) electrons. The molecule has 4 rings (SSSR count). The topological polar surface area (TPSA) is 78.5 Å². The van der Waals surface area contributed by atoms with E-state index >= 15 is 0 Å². The lowest BCUT2D eigenvalue weighted by molar-refractivity contribution is -0.120. The Labute approximate surface area is 205 Å². The minimum Gasteiger partial charge on any atom is -0.350 e. The van der Waals surface area contributed by atoms with E-state index in [0.29, 0.717) is 16.9 Å². The van der Waals surface area contributed by atoms with E-state index in [9.17, 15) is 14.4 Å². The Bertz CT molecular complexity index is 1100. The Morgan fingerprint density at radius 2 is 1.76 bits per heavy atom. The summed E-state index contributed by atoms with van der Waals surface area (Å²) < 4.78 is 0. The van der Waals surface area contributed by atoms with Gasteiger partial charge in [-0.2, -0.15) is 0 Å². The largest absolute Gasteiger partial charge is 0.350 e. The van der Waals surface area contributed by atoms with Crippen molar-refractivity contribution in [2.45, 2.75) is 64.3 Å². The zero-order chi connectivity index (χ0) is 24.1. The highest BCUT2D eigenvalue weighted by Crippen LogP contribution is 2.30. The molecule has 178 valence electrons. The van der Waals surface area contributed by atoms with Crippen molar-refractivity contribution < 1.29 is 14.4 Å². The number of unbranched alkanes of at least 4 members (excludes halogenated alkanes) is 1. The monoisotopic (exact) mass is 479 g/mol. The van der Waals surface area contributed by atoms with Crippen LogP contribution in [0.5, 0.6) is 0 Å². The highest BCUT2D eigenvalue weighted by atomic mass is 35.5. The molecule has 2 aromatic rings. The van der Waals surface area contributed by atoms with Crippen LogP contribution in [0, 0.1) is 0 Å². The lowest BCUT2D eigenvalue weighted by atomic mass is 9.95. The van der Waals surface area contributed by atoms with Crippen molar-refractivity contribution in [3.63, 3.8) is 0 Å². The van der Waals surface area contributed by atoms with E-state index in [4.69, 9.17) is 11.6 Å². The number of anilines is 2. The van der Waals surface area contributed by atoms with Crippen molar-refractivity contribution in [2.24, 2.45) is 0 Å². The third-order valence-electron chi connectivity index (χ3n) is 6.38. The van der Waals surface area contributed by atoms with Crippen LogP contribution < -0.4 is 15.5 Å². The van der Waals surface area contributed by atoms with E-state index in [1.807, 2.05) is 12.1 Å². The highest BCUT2D eigenvalue weighted by molar-refractivity contribution is 6.53. The first-order valence-electron chi connectivity index (χ1n) is 12.0. The van der Waals surface area contributed by atoms with E-state index in [1.165, 1.54) is 6.42 Å². The van der Waals surface area contributed by atoms with Crippen LogP contribution >= 0.6 is 11.6 Å². The molecule has 6 nitrogen and oxygen atoms in total. The molecule has 34 heavy (non-hydrogen) atoms. The summed E-state index contributed by atoms with van der Waals surface area (Å²) in [6.07, 6.45) is 8.61. The lowest BCUT2D eigenvalue weighted by Gasteiger charge is -2.22. The van der Waals surface area contributed by atoms with Crippen LogP contribution in [-0.2, 0) is 16.0 Å². The summed E-state index contributed by atoms with van der Waals surface area (Å²) in [6, 6.07) is 14.5. The Balaban J connectivity index is 1.46. The fraction of sp³-hybridized carbons (Fsp3) is 0.370. The molecular formula is C27H30ClN3O3. The number of imide groups is 1. The van der Waals surface area contributed by atoms with Gasteiger partial charge in [-0.25, -0.2) is 4.90 Å². The number of hydrogen-bond acceptors (Lipinski definition) is 4. The molecule has 1 aliphatic heterocycles. The van der Waals surface area contributed by atoms with E-state index in [1.54, 1.807) is 36.4 Å². The van der Waals surface area contributed by atoms with E-state index < -0.39 is 11.8 Å². The van der Waals surface area contributed by atoms with Crippen LogP contribution in [0.1, 0.15) is 67.8 Å². The average molecular weight is 480 g/mol. The molecule has 0 saturated heterocycles. The molecule has 1 aliphatic carbocycles. The summed E-state index contributed by atoms with van der Waals surface area (Å²) in [5, 5.41) is 5.89. The number of carbonyl (C=O) groups is 3. The van der Waals surface area contributed by atoms with E-state index in [-0.39, 0.29) is 22.7 Å². The summed E-state index contributed by atoms with van der Waals surface area (Å²) in [5.41, 5.74) is 2.65. The van der Waals surface area contributed by atoms with Gasteiger partial charge in [-0.3, -0.25) is 14.4 Å². The van der Waals surface area contributed by atoms with E-state index in [0.717, 1.165) is 55.4 Å². The first-order valence-corrected chi connectivity index (χ1v) is 12.4. The summed E-state index contributed by atoms with van der Waals surface area (Å²) in [7, 11) is 0. The Morgan fingerprint density at radius 3 is 2.47 bits per heavy atom. The molecule has 0 bridgehead atoms. The third-order valence-corrected chi connectivity index (χ3v) is 6.73. The normalized spacial score (nSPS) is 16.8. The summed E-state index contributed by atoms with van der Waals surface area (Å²) in [6.45, 7) is 2.14. The molecule has 0 unspecified atom stereocenters. The first kappa shape index (κ1) is 24.0. The zero-order valence-electron chi connectivity index (χ0n) is 19.4. The van der Waals surface area contributed by atoms with Crippen LogP contribution in [0.2, 0.25) is 0 Å². The van der Waals surface area contributed by atoms with Crippen molar-refractivity contribution in [3.05, 3.63) is 70.4 Å². The minimum atomic E-state index is -0.568. The number of nitrogens with one attached hydrogen (secondary N) is 2. The predicted molar refractivity (Wildman–Crippen MR) is 135 cm³/mol. The summed E-state index contributed by atoms with van der Waals surface area (Å²) in [4.78, 5) is 39.7. The number of rotatable bonds is 8. The highest BCUT2D eigenvalue weighted by Gasteiger charge is 2.39. The molecular weight excluding hydrogens is 450 g/mol. The maximum absolute atomic E-state index is 13.1. The van der Waals surface area contributed by atoms with Gasteiger partial charge in [0, 0.05) is 17.3 Å². The number of halogens is 1. The zero-order valence-corrected chi connectivity index (χ0v) is 20.2. The lowest BCUT2D eigenvalue weighted by Crippen LogP contribution is -2.36. The molecule has 7 heteroatoms. The van der Waals surface area contributed by atoms with Gasteiger partial charge in [0.2, 0.25) is 0 Å². The Kier molecular flexibility index (Phi) is 7.68. The van der Waals surface area contributed by atoms with Crippen LogP contribution in [0.4, 0.5) is 11.4 Å².